The van der Waals surface area contributed by atoms with Crippen LogP contribution in [0.5, 0.6) is 0 Å². The molecule has 0 saturated carbocycles. The van der Waals surface area contributed by atoms with Gasteiger partial charge in [0.1, 0.15) is 0 Å². The van der Waals surface area contributed by atoms with E-state index in [4.69, 9.17) is 15.6 Å². The Labute approximate surface area is 256 Å². The van der Waals surface area contributed by atoms with Crippen molar-refractivity contribution in [3.05, 3.63) is 81.7 Å². The van der Waals surface area contributed by atoms with Crippen LogP contribution in [0.25, 0.3) is 22.0 Å². The number of carboxylic acids is 1. The van der Waals surface area contributed by atoms with Crippen molar-refractivity contribution >= 4 is 44.1 Å². The molecule has 3 heterocycles. The lowest BCUT2D eigenvalue weighted by Crippen LogP contribution is -2.38. The van der Waals surface area contributed by atoms with E-state index in [2.05, 4.69) is 52.1 Å². The molecule has 5 rings (SSSR count). The Hall–Kier alpha value is -3.72. The lowest BCUT2D eigenvalue weighted by Gasteiger charge is -2.31. The van der Waals surface area contributed by atoms with Crippen LogP contribution in [0.4, 0.5) is 13.2 Å². The number of alkyl halides is 3. The van der Waals surface area contributed by atoms with E-state index in [1.807, 2.05) is 18.3 Å². The van der Waals surface area contributed by atoms with E-state index < -0.39 is 28.1 Å². The number of sulfonamides is 1. The predicted molar refractivity (Wildman–Crippen MR) is 164 cm³/mol. The molecular weight excluding hydrogens is 617 g/mol. The summed E-state index contributed by atoms with van der Waals surface area (Å²) in [5.74, 6) is -2.90. The minimum absolute atomic E-state index is 0.124. The number of fused-ring (bicyclic) bond motifs is 1. The van der Waals surface area contributed by atoms with Crippen molar-refractivity contribution in [2.45, 2.75) is 44.9 Å². The predicted octanol–water partition coefficient (Wildman–Crippen LogP) is 5.45. The summed E-state index contributed by atoms with van der Waals surface area (Å²) in [5.41, 5.74) is 11.2. The lowest BCUT2D eigenvalue weighted by molar-refractivity contribution is -0.192. The van der Waals surface area contributed by atoms with E-state index in [1.54, 1.807) is 22.6 Å². The van der Waals surface area contributed by atoms with Crippen molar-refractivity contribution in [1.82, 2.24) is 14.6 Å². The summed E-state index contributed by atoms with van der Waals surface area (Å²) in [5, 5.41) is 13.7. The number of H-pyrrole nitrogens is 1. The van der Waals surface area contributed by atoms with Crippen molar-refractivity contribution in [1.29, 1.82) is 0 Å². The van der Waals surface area contributed by atoms with Gasteiger partial charge in [-0.25, -0.2) is 17.5 Å². The molecule has 1 saturated heterocycles. The van der Waals surface area contributed by atoms with E-state index in [0.29, 0.717) is 18.7 Å². The Morgan fingerprint density at radius 1 is 1.09 bits per heavy atom. The van der Waals surface area contributed by atoms with Crippen LogP contribution in [-0.4, -0.2) is 59.7 Å². The van der Waals surface area contributed by atoms with Gasteiger partial charge in [0.25, 0.3) is 5.91 Å². The van der Waals surface area contributed by atoms with Crippen LogP contribution >= 0.6 is 11.3 Å². The fourth-order valence-corrected chi connectivity index (χ4v) is 6.99. The maximum Gasteiger partial charge on any atom is 0.490 e. The smallest absolute Gasteiger partial charge is 0.475 e. The van der Waals surface area contributed by atoms with E-state index >= 15 is 0 Å². The third-order valence-electron chi connectivity index (χ3n) is 7.45. The van der Waals surface area contributed by atoms with E-state index in [9.17, 15) is 26.4 Å². The number of hydrogen-bond acceptors (Lipinski definition) is 6. The Kier molecular flexibility index (Phi) is 10.5. The molecule has 0 spiro atoms. The van der Waals surface area contributed by atoms with Gasteiger partial charge in [-0.05, 0) is 77.6 Å². The highest BCUT2D eigenvalue weighted by atomic mass is 32.2. The summed E-state index contributed by atoms with van der Waals surface area (Å²) in [7, 11) is -3.18. The largest absolute Gasteiger partial charge is 0.490 e. The number of nitrogens with zero attached hydrogens (tertiary/aromatic N) is 1. The van der Waals surface area contributed by atoms with Crippen LogP contribution in [-0.2, 0) is 27.9 Å². The Bertz CT molecular complexity index is 1710. The van der Waals surface area contributed by atoms with Crippen LogP contribution in [0.2, 0.25) is 0 Å². The zero-order valence-electron chi connectivity index (χ0n) is 23.9. The molecule has 14 heteroatoms. The first kappa shape index (κ1) is 33.2. The van der Waals surface area contributed by atoms with Gasteiger partial charge in [-0.2, -0.15) is 13.2 Å². The molecule has 1 aliphatic rings. The highest BCUT2D eigenvalue weighted by Crippen LogP contribution is 2.37. The van der Waals surface area contributed by atoms with Crippen LogP contribution < -0.4 is 11.1 Å². The Morgan fingerprint density at radius 2 is 1.80 bits per heavy atom. The van der Waals surface area contributed by atoms with Gasteiger partial charge in [0.2, 0.25) is 10.0 Å². The number of nitrogens with two attached hydrogens (primary N) is 1. The molecule has 9 nitrogen and oxygen atoms in total. The first-order chi connectivity index (χ1) is 20.8. The number of carboxylic acid groups (broad SMARTS) is 1. The molecule has 1 fully saturated rings. The number of thiophene rings is 1. The van der Waals surface area contributed by atoms with Crippen molar-refractivity contribution in [3.63, 3.8) is 0 Å². The first-order valence-corrected chi connectivity index (χ1v) is 16.3. The monoisotopic (exact) mass is 650 g/mol. The van der Waals surface area contributed by atoms with Gasteiger partial charge in [0.05, 0.1) is 16.8 Å². The summed E-state index contributed by atoms with van der Waals surface area (Å²) < 4.78 is 57.9. The number of piperidine rings is 1. The number of carbonyl (C=O) groups excluding carboxylic acids is 1. The average molecular weight is 651 g/mol. The number of carbonyl (C=O) groups is 2. The molecule has 4 aromatic rings. The van der Waals surface area contributed by atoms with Crippen molar-refractivity contribution in [2.24, 2.45) is 5.73 Å². The van der Waals surface area contributed by atoms with Crippen LogP contribution in [0.1, 0.15) is 52.0 Å². The van der Waals surface area contributed by atoms with Gasteiger partial charge < -0.3 is 21.1 Å². The molecular formula is C30H33F3N4O5S2. The third-order valence-corrected chi connectivity index (χ3v) is 10.2. The zero-order valence-corrected chi connectivity index (χ0v) is 25.5. The molecule has 0 unspecified atom stereocenters. The summed E-state index contributed by atoms with van der Waals surface area (Å²) in [6.07, 6.45) is -1.64. The number of halogens is 3. The van der Waals surface area contributed by atoms with Crippen LogP contribution in [0.15, 0.2) is 60.1 Å². The molecule has 5 N–H and O–H groups in total. The maximum atomic E-state index is 12.4. The first-order valence-electron chi connectivity index (χ1n) is 13.8. The molecule has 236 valence electrons. The number of aromatic nitrogens is 1. The van der Waals surface area contributed by atoms with Gasteiger partial charge in [-0.15, -0.1) is 11.3 Å². The zero-order chi connectivity index (χ0) is 32.1. The molecule has 0 aliphatic carbocycles. The average Bonchev–Trinajstić information content (AvgIpc) is 3.67. The van der Waals surface area contributed by atoms with Gasteiger partial charge >= 0.3 is 12.1 Å². The number of aromatic amines is 1. The highest BCUT2D eigenvalue weighted by molar-refractivity contribution is 7.89. The quantitative estimate of drug-likeness (QED) is 0.190. The van der Waals surface area contributed by atoms with E-state index in [1.165, 1.54) is 4.88 Å². The standard InChI is InChI=1S/C28H32N4O3S2.C2HF3O2/c1-2-37(34,35)32-10-8-20(9-11-32)26-18-31-27-24(26)14-22(15-25(27)28(29)33)21-6-3-5-19(13-21)16-30-17-23-7-4-12-36-23;3-2(4,5)1(6)7/h3-7,12-15,18,20,30-31H,2,8-11,16-17H2,1H3,(H2,29,33);(H,6,7). The van der Waals surface area contributed by atoms with Crippen LogP contribution in [0.3, 0.4) is 0 Å². The number of rotatable bonds is 9. The minimum atomic E-state index is -5.08. The summed E-state index contributed by atoms with van der Waals surface area (Å²) >= 11 is 1.74. The van der Waals surface area contributed by atoms with Crippen molar-refractivity contribution in [2.75, 3.05) is 18.8 Å². The lowest BCUT2D eigenvalue weighted by atomic mass is 9.88. The SMILES string of the molecule is CCS(=O)(=O)N1CCC(c2c[nH]c3c(C(N)=O)cc(-c4cccc(CNCc5cccs5)c4)cc23)CC1.O=C(O)C(F)(F)F. The van der Waals surface area contributed by atoms with Crippen molar-refractivity contribution < 1.29 is 36.3 Å². The van der Waals surface area contributed by atoms with E-state index in [-0.39, 0.29) is 11.7 Å². The van der Waals surface area contributed by atoms with Crippen LogP contribution in [0, 0.1) is 0 Å². The molecule has 1 amide bonds. The minimum Gasteiger partial charge on any atom is -0.475 e. The number of aliphatic carboxylic acids is 1. The molecule has 0 bridgehead atoms. The number of benzene rings is 2. The third kappa shape index (κ3) is 8.05. The Morgan fingerprint density at radius 3 is 2.39 bits per heavy atom. The number of hydrogen-bond donors (Lipinski definition) is 4. The van der Waals surface area contributed by atoms with E-state index in [0.717, 1.165) is 59.1 Å². The molecule has 2 aromatic heterocycles. The number of nitrogens with one attached hydrogen (secondary N) is 2. The van der Waals surface area contributed by atoms with Gasteiger partial charge in [0, 0.05) is 42.6 Å². The Balaban J connectivity index is 0.000000566. The summed E-state index contributed by atoms with van der Waals surface area (Å²) in [4.78, 5) is 25.9. The fourth-order valence-electron chi connectivity index (χ4n) is 5.18. The normalized spacial score (nSPS) is 14.7. The highest BCUT2D eigenvalue weighted by Gasteiger charge is 2.38. The second kappa shape index (κ2) is 13.9. The number of primary amides is 1. The molecule has 0 atom stereocenters. The van der Waals surface area contributed by atoms with Gasteiger partial charge in [-0.1, -0.05) is 24.3 Å². The summed E-state index contributed by atoms with van der Waals surface area (Å²) in [6.45, 7) is 4.27. The number of amides is 1. The second-order valence-electron chi connectivity index (χ2n) is 10.3. The summed E-state index contributed by atoms with van der Waals surface area (Å²) in [6, 6.07) is 16.5. The molecule has 1 aliphatic heterocycles. The molecule has 44 heavy (non-hydrogen) atoms. The fraction of sp³-hybridized carbons (Fsp3) is 0.333. The maximum absolute atomic E-state index is 12.4. The second-order valence-corrected chi connectivity index (χ2v) is 13.6. The molecule has 2 aromatic carbocycles. The van der Waals surface area contributed by atoms with Gasteiger partial charge in [0.15, 0.2) is 0 Å². The van der Waals surface area contributed by atoms with Gasteiger partial charge in [-0.3, -0.25) is 4.79 Å². The molecule has 0 radical (unpaired) electrons. The topological polar surface area (TPSA) is 146 Å². The van der Waals surface area contributed by atoms with Crippen molar-refractivity contribution in [3.8, 4) is 11.1 Å².